The largest absolute Gasteiger partial charge is 0.448 e. The van der Waals surface area contributed by atoms with Crippen LogP contribution in [0.1, 0.15) is 40.0 Å². The Balaban J connectivity index is 1.45. The first kappa shape index (κ1) is 21.0. The minimum atomic E-state index is -0.808. The van der Waals surface area contributed by atoms with Crippen molar-refractivity contribution in [3.63, 3.8) is 0 Å². The van der Waals surface area contributed by atoms with E-state index in [1.165, 1.54) is 0 Å². The molecule has 5 aromatic rings. The number of fused-ring (bicyclic) bond motifs is 1. The first-order valence-corrected chi connectivity index (χ1v) is 11.6. The summed E-state index contributed by atoms with van der Waals surface area (Å²) < 4.78 is 13.1. The Labute approximate surface area is 205 Å². The molecule has 4 aromatic carbocycles. The van der Waals surface area contributed by atoms with Gasteiger partial charge < -0.3 is 14.5 Å². The molecule has 3 heteroatoms. The molecule has 0 spiro atoms. The van der Waals surface area contributed by atoms with Crippen LogP contribution in [-0.2, 0) is 10.3 Å². The van der Waals surface area contributed by atoms with Crippen LogP contribution in [0.2, 0.25) is 0 Å². The summed E-state index contributed by atoms with van der Waals surface area (Å²) in [6.45, 7) is 0. The van der Waals surface area contributed by atoms with Gasteiger partial charge in [-0.25, -0.2) is 0 Å². The Bertz CT molecular complexity index is 1460. The minimum absolute atomic E-state index is 0.502. The zero-order valence-electron chi connectivity index (χ0n) is 19.0. The molecule has 168 valence electrons. The maximum absolute atomic E-state index is 6.98. The summed E-state index contributed by atoms with van der Waals surface area (Å²) in [7, 11) is 0. The molecule has 1 aliphatic rings. The molecule has 0 amide bonds. The second-order valence-corrected chi connectivity index (χ2v) is 8.42. The Morgan fingerprint density at radius 1 is 0.600 bits per heavy atom. The summed E-state index contributed by atoms with van der Waals surface area (Å²) in [4.78, 5) is 0. The monoisotopic (exact) mass is 453 g/mol. The molecule has 0 saturated carbocycles. The third kappa shape index (κ3) is 3.91. The van der Waals surface area contributed by atoms with Gasteiger partial charge in [0, 0.05) is 16.8 Å². The summed E-state index contributed by atoms with van der Waals surface area (Å²) in [5, 5.41) is 3.53. The number of hydrogen-bond acceptors (Lipinski definition) is 3. The molecular weight excluding hydrogens is 430 g/mol. The lowest BCUT2D eigenvalue weighted by molar-refractivity contribution is -0.0521. The van der Waals surface area contributed by atoms with E-state index in [0.717, 1.165) is 27.9 Å². The average Bonchev–Trinajstić information content (AvgIpc) is 3.42. The fourth-order valence-electron chi connectivity index (χ4n) is 4.63. The van der Waals surface area contributed by atoms with Crippen molar-refractivity contribution < 1.29 is 9.15 Å². The number of anilines is 1. The van der Waals surface area contributed by atoms with Gasteiger partial charge in [0.25, 0.3) is 0 Å². The standard InChI is InChI=1S/C32H23NO2/c1-4-12-24(13-5-1)20-21-27-22-23-30(34-27)31-33-29-19-11-10-18-28(29)32(35-31,25-14-6-2-7-15-25)26-16-8-3-9-17-26/h1-19,22-23,31,33H/t31-/m1/s1. The smallest absolute Gasteiger partial charge is 0.188 e. The zero-order chi connectivity index (χ0) is 23.5. The van der Waals surface area contributed by atoms with E-state index in [9.17, 15) is 0 Å². The minimum Gasteiger partial charge on any atom is -0.448 e. The molecule has 1 atom stereocenters. The average molecular weight is 454 g/mol. The molecule has 6 rings (SSSR count). The molecule has 1 aliphatic heterocycles. The lowest BCUT2D eigenvalue weighted by atomic mass is 9.78. The molecule has 0 aliphatic carbocycles. The Morgan fingerprint density at radius 3 is 1.89 bits per heavy atom. The van der Waals surface area contributed by atoms with E-state index in [0.29, 0.717) is 11.5 Å². The number of para-hydroxylation sites is 1. The molecule has 1 aromatic heterocycles. The SMILES string of the molecule is C(#Cc1ccc([C@@H]2Nc3ccccc3C(c3ccccc3)(c3ccccc3)O2)o1)c1ccccc1. The van der Waals surface area contributed by atoms with Crippen molar-refractivity contribution in [2.75, 3.05) is 5.32 Å². The van der Waals surface area contributed by atoms with Crippen molar-refractivity contribution in [2.45, 2.75) is 11.8 Å². The third-order valence-electron chi connectivity index (χ3n) is 6.24. The van der Waals surface area contributed by atoms with Gasteiger partial charge in [-0.2, -0.15) is 0 Å². The van der Waals surface area contributed by atoms with Gasteiger partial charge in [0.2, 0.25) is 0 Å². The fourth-order valence-corrected chi connectivity index (χ4v) is 4.63. The second kappa shape index (κ2) is 9.02. The quantitative estimate of drug-likeness (QED) is 0.296. The molecule has 35 heavy (non-hydrogen) atoms. The highest BCUT2D eigenvalue weighted by Crippen LogP contribution is 2.50. The molecule has 0 radical (unpaired) electrons. The lowest BCUT2D eigenvalue weighted by Crippen LogP contribution is -2.40. The van der Waals surface area contributed by atoms with E-state index in [-0.39, 0.29) is 0 Å². The third-order valence-corrected chi connectivity index (χ3v) is 6.24. The van der Waals surface area contributed by atoms with Gasteiger partial charge in [0.15, 0.2) is 17.7 Å². The highest BCUT2D eigenvalue weighted by Gasteiger charge is 2.45. The molecule has 0 bridgehead atoms. The van der Waals surface area contributed by atoms with Crippen LogP contribution in [0.15, 0.2) is 132 Å². The predicted octanol–water partition coefficient (Wildman–Crippen LogP) is 7.11. The van der Waals surface area contributed by atoms with Crippen molar-refractivity contribution in [3.8, 4) is 11.8 Å². The van der Waals surface area contributed by atoms with Gasteiger partial charge in [0.1, 0.15) is 5.60 Å². The first-order valence-electron chi connectivity index (χ1n) is 11.6. The summed E-state index contributed by atoms with van der Waals surface area (Å²) in [6.07, 6.45) is -0.502. The van der Waals surface area contributed by atoms with Crippen LogP contribution in [0.3, 0.4) is 0 Å². The van der Waals surface area contributed by atoms with Gasteiger partial charge in [0.05, 0.1) is 0 Å². The molecular formula is C32H23NO2. The van der Waals surface area contributed by atoms with Crippen LogP contribution < -0.4 is 5.32 Å². The van der Waals surface area contributed by atoms with Crippen LogP contribution in [-0.4, -0.2) is 0 Å². The Morgan fingerprint density at radius 2 is 1.20 bits per heavy atom. The number of nitrogens with one attached hydrogen (secondary N) is 1. The number of ether oxygens (including phenoxy) is 1. The predicted molar refractivity (Wildman–Crippen MR) is 138 cm³/mol. The van der Waals surface area contributed by atoms with Crippen molar-refractivity contribution in [1.29, 1.82) is 0 Å². The van der Waals surface area contributed by atoms with Crippen LogP contribution in [0, 0.1) is 11.8 Å². The molecule has 0 unspecified atom stereocenters. The van der Waals surface area contributed by atoms with Crippen LogP contribution in [0.4, 0.5) is 5.69 Å². The van der Waals surface area contributed by atoms with E-state index >= 15 is 0 Å². The van der Waals surface area contributed by atoms with E-state index in [1.54, 1.807) is 0 Å². The molecule has 0 saturated heterocycles. The summed E-state index contributed by atoms with van der Waals surface area (Å²) in [5.41, 5.74) is 4.31. The van der Waals surface area contributed by atoms with E-state index < -0.39 is 11.8 Å². The number of benzene rings is 4. The van der Waals surface area contributed by atoms with Gasteiger partial charge in [-0.05, 0) is 47.4 Å². The summed E-state index contributed by atoms with van der Waals surface area (Å²) in [6, 6.07) is 42.7. The van der Waals surface area contributed by atoms with E-state index in [4.69, 9.17) is 9.15 Å². The van der Waals surface area contributed by atoms with E-state index in [1.807, 2.05) is 84.9 Å². The molecule has 3 nitrogen and oxygen atoms in total. The molecule has 2 heterocycles. The van der Waals surface area contributed by atoms with E-state index in [2.05, 4.69) is 59.6 Å². The van der Waals surface area contributed by atoms with Crippen molar-refractivity contribution >= 4 is 5.69 Å². The zero-order valence-corrected chi connectivity index (χ0v) is 19.0. The van der Waals surface area contributed by atoms with Gasteiger partial charge in [-0.1, -0.05) is 103 Å². The van der Waals surface area contributed by atoms with Crippen molar-refractivity contribution in [2.24, 2.45) is 0 Å². The van der Waals surface area contributed by atoms with Crippen LogP contribution in [0.25, 0.3) is 0 Å². The number of furan rings is 1. The summed E-state index contributed by atoms with van der Waals surface area (Å²) >= 11 is 0. The Hall–Kier alpha value is -4.52. The maximum atomic E-state index is 6.98. The number of rotatable bonds is 3. The van der Waals surface area contributed by atoms with Crippen LogP contribution in [0.5, 0.6) is 0 Å². The molecule has 1 N–H and O–H groups in total. The van der Waals surface area contributed by atoms with Gasteiger partial charge in [-0.3, -0.25) is 0 Å². The van der Waals surface area contributed by atoms with Gasteiger partial charge >= 0.3 is 0 Å². The topological polar surface area (TPSA) is 34.4 Å². The maximum Gasteiger partial charge on any atom is 0.188 e. The molecule has 0 fully saturated rings. The second-order valence-electron chi connectivity index (χ2n) is 8.42. The highest BCUT2D eigenvalue weighted by molar-refractivity contribution is 5.63. The van der Waals surface area contributed by atoms with Gasteiger partial charge in [-0.15, -0.1) is 0 Å². The summed E-state index contributed by atoms with van der Waals surface area (Å²) in [5.74, 6) is 7.55. The van der Waals surface area contributed by atoms with Crippen LogP contribution >= 0.6 is 0 Å². The number of hydrogen-bond donors (Lipinski definition) is 1. The highest BCUT2D eigenvalue weighted by atomic mass is 16.5. The lowest BCUT2D eigenvalue weighted by Gasteiger charge is -2.43. The normalized spacial score (nSPS) is 15.8. The van der Waals surface area contributed by atoms with Crippen molar-refractivity contribution in [1.82, 2.24) is 0 Å². The fraction of sp³-hybridized carbons (Fsp3) is 0.0625. The van der Waals surface area contributed by atoms with Crippen molar-refractivity contribution in [3.05, 3.63) is 161 Å². The Kier molecular flexibility index (Phi) is 5.42. The first-order chi connectivity index (χ1) is 17.3.